The molecule has 0 aliphatic carbocycles. The van der Waals surface area contributed by atoms with E-state index in [2.05, 4.69) is 16.7 Å². The van der Waals surface area contributed by atoms with Gasteiger partial charge >= 0.3 is 11.9 Å². The zero-order valence-electron chi connectivity index (χ0n) is 20.2. The molecule has 0 radical (unpaired) electrons. The van der Waals surface area contributed by atoms with E-state index in [1.807, 2.05) is 32.0 Å². The number of benzene rings is 2. The van der Waals surface area contributed by atoms with Crippen LogP contribution in [-0.4, -0.2) is 43.7 Å². The maximum atomic E-state index is 12.9. The molecular weight excluding hydrogens is 482 g/mol. The number of allylic oxidation sites excluding steroid dienone is 1. The predicted molar refractivity (Wildman–Crippen MR) is 134 cm³/mol. The summed E-state index contributed by atoms with van der Waals surface area (Å²) < 4.78 is 9.53. The van der Waals surface area contributed by atoms with Crippen LogP contribution >= 0.6 is 11.8 Å². The van der Waals surface area contributed by atoms with E-state index >= 15 is 0 Å². The first-order valence-corrected chi connectivity index (χ1v) is 11.9. The molecule has 10 heteroatoms. The number of nitriles is 1. The van der Waals surface area contributed by atoms with Crippen LogP contribution in [0.4, 0.5) is 5.69 Å². The van der Waals surface area contributed by atoms with Crippen LogP contribution in [0.1, 0.15) is 33.0 Å². The van der Waals surface area contributed by atoms with E-state index in [4.69, 9.17) is 9.47 Å². The Balaban J connectivity index is 1.91. The van der Waals surface area contributed by atoms with Crippen molar-refractivity contribution < 1.29 is 28.7 Å². The number of hydrogen-bond acceptors (Lipinski definition) is 8. The number of rotatable bonds is 7. The summed E-state index contributed by atoms with van der Waals surface area (Å²) in [6.45, 7) is 3.80. The molecule has 2 aromatic rings. The van der Waals surface area contributed by atoms with E-state index in [0.717, 1.165) is 30.0 Å². The van der Waals surface area contributed by atoms with Crippen molar-refractivity contribution in [3.8, 4) is 6.07 Å². The standard InChI is InChI=1S/C26H25N3O6S/c1-14-5-6-15(2)19(11-14)28-20(30)13-36-24-18(12-27)21(22(23(31)29-24)26(33)35-4)16-7-9-17(10-8-16)25(32)34-3/h5-11,21-22H,13H2,1-4H3,(H,28,30)(H,29,31)/t21-,22+/m1/s1. The average molecular weight is 508 g/mol. The number of carbonyl (C=O) groups is 4. The van der Waals surface area contributed by atoms with E-state index < -0.39 is 29.7 Å². The van der Waals surface area contributed by atoms with Gasteiger partial charge < -0.3 is 20.1 Å². The summed E-state index contributed by atoms with van der Waals surface area (Å²) in [4.78, 5) is 49.9. The van der Waals surface area contributed by atoms with Gasteiger partial charge in [-0.3, -0.25) is 14.4 Å². The number of amides is 2. The zero-order valence-corrected chi connectivity index (χ0v) is 21.0. The fourth-order valence-corrected chi connectivity index (χ4v) is 4.67. The van der Waals surface area contributed by atoms with Gasteiger partial charge in [0.15, 0.2) is 0 Å². The highest BCUT2D eigenvalue weighted by Gasteiger charge is 2.44. The van der Waals surface area contributed by atoms with Crippen LogP contribution in [0.3, 0.4) is 0 Å². The third kappa shape index (κ3) is 5.75. The molecule has 2 N–H and O–H groups in total. The number of anilines is 1. The number of methoxy groups -OCH3 is 2. The molecule has 0 aromatic heterocycles. The van der Waals surface area contributed by atoms with Crippen molar-refractivity contribution in [1.29, 1.82) is 5.26 Å². The molecule has 2 aromatic carbocycles. The van der Waals surface area contributed by atoms with Gasteiger partial charge in [0.2, 0.25) is 11.8 Å². The number of thioether (sulfide) groups is 1. The number of ether oxygens (including phenoxy) is 2. The van der Waals surface area contributed by atoms with Crippen molar-refractivity contribution >= 4 is 41.2 Å². The molecule has 0 saturated heterocycles. The molecule has 1 aliphatic heterocycles. The molecule has 0 spiro atoms. The maximum Gasteiger partial charge on any atom is 0.337 e. The highest BCUT2D eigenvalue weighted by atomic mass is 32.2. The number of aryl methyl sites for hydroxylation is 2. The van der Waals surface area contributed by atoms with Crippen LogP contribution in [0, 0.1) is 31.1 Å². The van der Waals surface area contributed by atoms with Gasteiger partial charge in [-0.1, -0.05) is 36.0 Å². The first-order valence-electron chi connectivity index (χ1n) is 10.9. The Morgan fingerprint density at radius 3 is 2.39 bits per heavy atom. The number of carbonyl (C=O) groups excluding carboxylic acids is 4. The fourth-order valence-electron chi connectivity index (χ4n) is 3.82. The Kier molecular flexibility index (Phi) is 8.51. The molecule has 0 bridgehead atoms. The highest BCUT2D eigenvalue weighted by molar-refractivity contribution is 8.03. The van der Waals surface area contributed by atoms with Crippen LogP contribution in [0.5, 0.6) is 0 Å². The summed E-state index contributed by atoms with van der Waals surface area (Å²) >= 11 is 0.990. The second-order valence-electron chi connectivity index (χ2n) is 8.09. The van der Waals surface area contributed by atoms with Crippen molar-refractivity contribution in [3.63, 3.8) is 0 Å². The van der Waals surface area contributed by atoms with Crippen molar-refractivity contribution in [3.05, 3.63) is 75.3 Å². The summed E-state index contributed by atoms with van der Waals surface area (Å²) in [7, 11) is 2.41. The molecule has 2 atom stereocenters. The Morgan fingerprint density at radius 1 is 1.08 bits per heavy atom. The second-order valence-corrected chi connectivity index (χ2v) is 9.08. The third-order valence-corrected chi connectivity index (χ3v) is 6.71. The van der Waals surface area contributed by atoms with Crippen LogP contribution in [-0.2, 0) is 23.9 Å². The number of nitrogens with one attached hydrogen (secondary N) is 2. The van der Waals surface area contributed by atoms with E-state index in [1.54, 1.807) is 12.1 Å². The lowest BCUT2D eigenvalue weighted by atomic mass is 9.78. The number of nitrogens with zero attached hydrogens (tertiary/aromatic N) is 1. The molecule has 1 heterocycles. The quantitative estimate of drug-likeness (QED) is 0.431. The topological polar surface area (TPSA) is 135 Å². The van der Waals surface area contributed by atoms with Gasteiger partial charge in [-0.25, -0.2) is 4.79 Å². The van der Waals surface area contributed by atoms with Crippen molar-refractivity contribution in [1.82, 2.24) is 5.32 Å². The molecule has 1 aliphatic rings. The van der Waals surface area contributed by atoms with Crippen LogP contribution < -0.4 is 10.6 Å². The van der Waals surface area contributed by atoms with Crippen LogP contribution in [0.15, 0.2) is 53.1 Å². The van der Waals surface area contributed by atoms with Gasteiger partial charge in [-0.05, 0) is 48.7 Å². The van der Waals surface area contributed by atoms with Crippen LogP contribution in [0.2, 0.25) is 0 Å². The first-order chi connectivity index (χ1) is 17.2. The van der Waals surface area contributed by atoms with Crippen molar-refractivity contribution in [2.75, 3.05) is 25.3 Å². The van der Waals surface area contributed by atoms with Gasteiger partial charge in [-0.2, -0.15) is 5.26 Å². The number of hydrogen-bond donors (Lipinski definition) is 2. The highest BCUT2D eigenvalue weighted by Crippen LogP contribution is 2.40. The normalized spacial score (nSPS) is 17.0. The van der Waals surface area contributed by atoms with E-state index in [9.17, 15) is 24.4 Å². The predicted octanol–water partition coefficient (Wildman–Crippen LogP) is 3.20. The molecule has 186 valence electrons. The maximum absolute atomic E-state index is 12.9. The minimum absolute atomic E-state index is 0.0783. The van der Waals surface area contributed by atoms with Crippen molar-refractivity contribution in [2.45, 2.75) is 19.8 Å². The first kappa shape index (κ1) is 26.5. The SMILES string of the molecule is COC(=O)c1ccc([C@@H]2C(C#N)=C(SCC(=O)Nc3cc(C)ccc3C)NC(=O)[C@H]2C(=O)OC)cc1. The summed E-state index contributed by atoms with van der Waals surface area (Å²) in [6, 6.07) is 13.9. The molecule has 0 saturated carbocycles. The van der Waals surface area contributed by atoms with Gasteiger partial charge in [0.05, 0.1) is 42.2 Å². The molecule has 2 amide bonds. The van der Waals surface area contributed by atoms with E-state index in [-0.39, 0.29) is 27.8 Å². The Bertz CT molecular complexity index is 1280. The summed E-state index contributed by atoms with van der Waals surface area (Å²) in [5.41, 5.74) is 3.42. The Labute approximate surface area is 212 Å². The molecule has 9 nitrogen and oxygen atoms in total. The fraction of sp³-hybridized carbons (Fsp3) is 0.269. The monoisotopic (exact) mass is 507 g/mol. The molecule has 0 fully saturated rings. The van der Waals surface area contributed by atoms with Gasteiger partial charge in [0, 0.05) is 11.6 Å². The van der Waals surface area contributed by atoms with E-state index in [1.165, 1.54) is 19.2 Å². The summed E-state index contributed by atoms with van der Waals surface area (Å²) in [5, 5.41) is 15.6. The minimum Gasteiger partial charge on any atom is -0.468 e. The van der Waals surface area contributed by atoms with Crippen molar-refractivity contribution in [2.24, 2.45) is 5.92 Å². The molecular formula is C26H25N3O6S. The Morgan fingerprint density at radius 2 is 1.78 bits per heavy atom. The van der Waals surface area contributed by atoms with Gasteiger partial charge in [-0.15, -0.1) is 0 Å². The number of esters is 2. The molecule has 0 unspecified atom stereocenters. The summed E-state index contributed by atoms with van der Waals surface area (Å²) in [6.07, 6.45) is 0. The lowest BCUT2D eigenvalue weighted by Crippen LogP contribution is -2.44. The lowest BCUT2D eigenvalue weighted by molar-refractivity contribution is -0.150. The van der Waals surface area contributed by atoms with E-state index in [0.29, 0.717) is 11.3 Å². The molecule has 3 rings (SSSR count). The zero-order chi connectivity index (χ0) is 26.4. The third-order valence-electron chi connectivity index (χ3n) is 5.69. The lowest BCUT2D eigenvalue weighted by Gasteiger charge is -2.31. The van der Waals surface area contributed by atoms with Gasteiger partial charge in [0.25, 0.3) is 0 Å². The Hall–Kier alpha value is -4.10. The van der Waals surface area contributed by atoms with Crippen LogP contribution in [0.25, 0.3) is 0 Å². The largest absolute Gasteiger partial charge is 0.468 e. The molecule has 36 heavy (non-hydrogen) atoms. The smallest absolute Gasteiger partial charge is 0.337 e. The second kappa shape index (κ2) is 11.6. The average Bonchev–Trinajstić information content (AvgIpc) is 2.88. The minimum atomic E-state index is -1.32. The summed E-state index contributed by atoms with van der Waals surface area (Å²) in [5.74, 6) is -4.68. The van der Waals surface area contributed by atoms with Gasteiger partial charge in [0.1, 0.15) is 5.92 Å².